The number of rotatable bonds is 9. The Labute approximate surface area is 174 Å². The maximum atomic E-state index is 12.7. The van der Waals surface area contributed by atoms with Crippen LogP contribution in [0.3, 0.4) is 0 Å². The number of carbonyl (C=O) groups excluding carboxylic acids is 3. The van der Waals surface area contributed by atoms with Gasteiger partial charge in [0.2, 0.25) is 11.4 Å². The highest BCUT2D eigenvalue weighted by Crippen LogP contribution is 2.50. The lowest BCUT2D eigenvalue weighted by Crippen LogP contribution is -2.48. The summed E-state index contributed by atoms with van der Waals surface area (Å²) < 4.78 is 5.29. The molecule has 3 atom stereocenters. The summed E-state index contributed by atoms with van der Waals surface area (Å²) in [5, 5.41) is 32.7. The SMILES string of the molecule is C\C=C(/C=C(C)/C=C(C)/C=C/C=C(\C)C(=O)[C@]12O[C@H]1[C@@](O)(CCO)NC2=O)C(=O)[O-]. The van der Waals surface area contributed by atoms with Crippen molar-refractivity contribution < 1.29 is 34.4 Å². The molecule has 0 saturated carbocycles. The normalized spacial score (nSPS) is 29.8. The van der Waals surface area contributed by atoms with Crippen molar-refractivity contribution in [3.8, 4) is 0 Å². The number of aliphatic hydroxyl groups excluding tert-OH is 1. The monoisotopic (exact) mass is 416 g/mol. The molecule has 0 spiro atoms. The lowest BCUT2D eigenvalue weighted by molar-refractivity contribution is -0.298. The molecule has 0 aromatic heterocycles. The van der Waals surface area contributed by atoms with Gasteiger partial charge in [-0.2, -0.15) is 0 Å². The minimum Gasteiger partial charge on any atom is -0.545 e. The van der Waals surface area contributed by atoms with E-state index in [1.165, 1.54) is 18.2 Å². The van der Waals surface area contributed by atoms with Crippen molar-refractivity contribution in [2.45, 2.75) is 51.5 Å². The number of allylic oxidation sites excluding steroid dienone is 7. The maximum Gasteiger partial charge on any atom is 0.265 e. The Hall–Kier alpha value is -2.81. The number of fused-ring (bicyclic) bond motifs is 1. The van der Waals surface area contributed by atoms with Crippen LogP contribution in [-0.2, 0) is 19.1 Å². The molecular formula is C22H26NO7-. The number of Topliss-reactive ketones (excluding diaryl/α,β-unsaturated/α-hetero) is 1. The molecule has 8 nitrogen and oxygen atoms in total. The van der Waals surface area contributed by atoms with Gasteiger partial charge in [0.25, 0.3) is 5.91 Å². The van der Waals surface area contributed by atoms with Crippen LogP contribution in [0.2, 0.25) is 0 Å². The molecule has 3 N–H and O–H groups in total. The average Bonchev–Trinajstić information content (AvgIpc) is 3.38. The maximum absolute atomic E-state index is 12.7. The van der Waals surface area contributed by atoms with Crippen molar-refractivity contribution in [1.29, 1.82) is 0 Å². The van der Waals surface area contributed by atoms with Crippen LogP contribution in [0.25, 0.3) is 0 Å². The van der Waals surface area contributed by atoms with Gasteiger partial charge < -0.3 is 30.2 Å². The smallest absolute Gasteiger partial charge is 0.265 e. The van der Waals surface area contributed by atoms with Gasteiger partial charge in [0.05, 0.1) is 5.97 Å². The number of carboxylic acids is 1. The Kier molecular flexibility index (Phi) is 6.97. The molecule has 0 bridgehead atoms. The van der Waals surface area contributed by atoms with Crippen LogP contribution < -0.4 is 10.4 Å². The number of aliphatic carboxylic acids is 1. The molecule has 2 rings (SSSR count). The molecule has 2 heterocycles. The van der Waals surface area contributed by atoms with E-state index in [0.29, 0.717) is 5.57 Å². The van der Waals surface area contributed by atoms with E-state index >= 15 is 0 Å². The Morgan fingerprint density at radius 2 is 1.90 bits per heavy atom. The average molecular weight is 416 g/mol. The molecule has 2 fully saturated rings. The summed E-state index contributed by atoms with van der Waals surface area (Å²) in [5.41, 5.74) is -1.62. The third-order valence-electron chi connectivity index (χ3n) is 5.00. The van der Waals surface area contributed by atoms with E-state index < -0.39 is 35.1 Å². The molecule has 0 aromatic carbocycles. The largest absolute Gasteiger partial charge is 0.545 e. The molecule has 0 radical (unpaired) electrons. The Morgan fingerprint density at radius 3 is 2.43 bits per heavy atom. The summed E-state index contributed by atoms with van der Waals surface area (Å²) in [5.74, 6) is -2.51. The fraction of sp³-hybridized carbons (Fsp3) is 0.409. The number of ketones is 1. The van der Waals surface area contributed by atoms with Gasteiger partial charge in [-0.3, -0.25) is 9.59 Å². The van der Waals surface area contributed by atoms with E-state index in [-0.39, 0.29) is 24.2 Å². The third kappa shape index (κ3) is 4.51. The predicted molar refractivity (Wildman–Crippen MR) is 107 cm³/mol. The van der Waals surface area contributed by atoms with Gasteiger partial charge in [-0.05, 0) is 38.8 Å². The molecule has 162 valence electrons. The molecule has 0 unspecified atom stereocenters. The fourth-order valence-electron chi connectivity index (χ4n) is 3.42. The van der Waals surface area contributed by atoms with Gasteiger partial charge in [0.15, 0.2) is 11.8 Å². The second kappa shape index (κ2) is 8.91. The summed E-state index contributed by atoms with van der Waals surface area (Å²) in [7, 11) is 0. The van der Waals surface area contributed by atoms with Crippen LogP contribution in [0.5, 0.6) is 0 Å². The zero-order chi connectivity index (χ0) is 22.7. The predicted octanol–water partition coefficient (Wildman–Crippen LogP) is -0.0148. The lowest BCUT2D eigenvalue weighted by atomic mass is 9.92. The first-order valence-corrected chi connectivity index (χ1v) is 9.49. The first-order chi connectivity index (χ1) is 14.0. The second-order valence-electron chi connectivity index (χ2n) is 7.43. The highest BCUT2D eigenvalue weighted by molar-refractivity contribution is 6.21. The Bertz CT molecular complexity index is 908. The summed E-state index contributed by atoms with van der Waals surface area (Å²) in [6.45, 7) is 6.35. The first-order valence-electron chi connectivity index (χ1n) is 9.49. The Balaban J connectivity index is 2.09. The van der Waals surface area contributed by atoms with Gasteiger partial charge in [-0.1, -0.05) is 47.6 Å². The molecule has 2 aliphatic rings. The van der Waals surface area contributed by atoms with Crippen molar-refractivity contribution in [1.82, 2.24) is 5.32 Å². The van der Waals surface area contributed by atoms with Crippen LogP contribution in [0.1, 0.15) is 34.1 Å². The molecular weight excluding hydrogens is 390 g/mol. The standard InChI is InChI=1S/C22H27NO7/c1-5-16(18(26)27)12-14(3)11-13(2)7-6-8-15(4)17(25)22-19(30-22)21(29,9-10-24)23-20(22)28/h5-8,11-12,19,24,29H,9-10H2,1-4H3,(H,23,28)(H,26,27)/p-1/b7-6+,13-11+,14-12+,15-8+,16-5+/t19-,21-,22-/m0/s1. The molecule has 0 aliphatic carbocycles. The van der Waals surface area contributed by atoms with E-state index in [4.69, 9.17) is 9.84 Å². The summed E-state index contributed by atoms with van der Waals surface area (Å²) in [4.78, 5) is 35.9. The number of hydrogen-bond acceptors (Lipinski definition) is 7. The number of ether oxygens (including phenoxy) is 1. The van der Waals surface area contributed by atoms with Gasteiger partial charge in [-0.25, -0.2) is 0 Å². The van der Waals surface area contributed by atoms with E-state index in [9.17, 15) is 24.6 Å². The zero-order valence-corrected chi connectivity index (χ0v) is 17.4. The number of hydrogen-bond donors (Lipinski definition) is 3. The minimum absolute atomic E-state index is 0.0797. The highest BCUT2D eigenvalue weighted by atomic mass is 16.6. The van der Waals surface area contributed by atoms with Gasteiger partial charge in [0.1, 0.15) is 0 Å². The van der Waals surface area contributed by atoms with Crippen molar-refractivity contribution in [3.05, 3.63) is 58.7 Å². The topological polar surface area (TPSA) is 139 Å². The number of carbonyl (C=O) groups is 3. The van der Waals surface area contributed by atoms with Crippen LogP contribution in [-0.4, -0.2) is 51.9 Å². The van der Waals surface area contributed by atoms with Gasteiger partial charge in [-0.15, -0.1) is 0 Å². The molecule has 8 heteroatoms. The number of morpholine rings is 1. The van der Waals surface area contributed by atoms with Crippen LogP contribution in [0.4, 0.5) is 0 Å². The summed E-state index contributed by atoms with van der Waals surface area (Å²) >= 11 is 0. The Morgan fingerprint density at radius 1 is 1.23 bits per heavy atom. The molecule has 0 aromatic rings. The first kappa shape index (κ1) is 23.5. The van der Waals surface area contributed by atoms with Crippen LogP contribution in [0.15, 0.2) is 58.7 Å². The van der Waals surface area contributed by atoms with Crippen LogP contribution in [0, 0.1) is 0 Å². The van der Waals surface area contributed by atoms with Crippen LogP contribution >= 0.6 is 0 Å². The number of aliphatic hydroxyl groups is 2. The summed E-state index contributed by atoms with van der Waals surface area (Å²) in [6, 6.07) is 0. The molecule has 1 amide bonds. The highest BCUT2D eigenvalue weighted by Gasteiger charge is 2.80. The minimum atomic E-state index is -1.75. The van der Waals surface area contributed by atoms with Crippen molar-refractivity contribution in [3.63, 3.8) is 0 Å². The number of carboxylic acid groups (broad SMARTS) is 1. The van der Waals surface area contributed by atoms with Crippen molar-refractivity contribution in [2.75, 3.05) is 6.61 Å². The quantitative estimate of drug-likeness (QED) is 0.208. The molecule has 2 aliphatic heterocycles. The number of amides is 1. The fourth-order valence-corrected chi connectivity index (χ4v) is 3.42. The van der Waals surface area contributed by atoms with E-state index in [0.717, 1.165) is 5.57 Å². The summed E-state index contributed by atoms with van der Waals surface area (Å²) in [6.07, 6.45) is 8.43. The number of nitrogens with one attached hydrogen (secondary N) is 1. The van der Waals surface area contributed by atoms with E-state index in [2.05, 4.69) is 5.32 Å². The van der Waals surface area contributed by atoms with E-state index in [1.54, 1.807) is 39.0 Å². The number of epoxide rings is 1. The van der Waals surface area contributed by atoms with Gasteiger partial charge >= 0.3 is 0 Å². The van der Waals surface area contributed by atoms with Crippen molar-refractivity contribution in [2.24, 2.45) is 0 Å². The lowest BCUT2D eigenvalue weighted by Gasteiger charge is -2.22. The van der Waals surface area contributed by atoms with Crippen molar-refractivity contribution >= 4 is 17.7 Å². The zero-order valence-electron chi connectivity index (χ0n) is 17.4. The van der Waals surface area contributed by atoms with Gasteiger partial charge in [0, 0.05) is 13.0 Å². The molecule has 2 saturated heterocycles. The molecule has 30 heavy (non-hydrogen) atoms. The third-order valence-corrected chi connectivity index (χ3v) is 5.00. The second-order valence-corrected chi connectivity index (χ2v) is 7.43. The van der Waals surface area contributed by atoms with E-state index in [1.807, 2.05) is 6.92 Å².